The fourth-order valence-corrected chi connectivity index (χ4v) is 3.09. The number of rotatable bonds is 6. The third-order valence-electron chi connectivity index (χ3n) is 4.56. The Morgan fingerprint density at radius 2 is 1.93 bits per heavy atom. The maximum atomic E-state index is 4.43. The van der Waals surface area contributed by atoms with Crippen molar-refractivity contribution in [3.63, 3.8) is 0 Å². The molecule has 27 heavy (non-hydrogen) atoms. The molecule has 0 aliphatic rings. The van der Waals surface area contributed by atoms with E-state index in [9.17, 15) is 0 Å². The molecule has 0 saturated heterocycles. The molecule has 6 heteroatoms. The minimum atomic E-state index is 0. The number of nitrogens with one attached hydrogen (secondary N) is 2. The molecule has 0 bridgehead atoms. The Kier molecular flexibility index (Phi) is 8.09. The third-order valence-corrected chi connectivity index (χ3v) is 4.56. The molecular formula is C21H28IN5. The van der Waals surface area contributed by atoms with Crippen molar-refractivity contribution in [3.8, 4) is 0 Å². The van der Waals surface area contributed by atoms with E-state index in [1.807, 2.05) is 18.5 Å². The average molecular weight is 477 g/mol. The first-order chi connectivity index (χ1) is 12.7. The van der Waals surface area contributed by atoms with Gasteiger partial charge in [0.15, 0.2) is 5.96 Å². The van der Waals surface area contributed by atoms with E-state index in [4.69, 9.17) is 0 Å². The number of imidazole rings is 1. The van der Waals surface area contributed by atoms with Crippen molar-refractivity contribution >= 4 is 41.0 Å². The topological polar surface area (TPSA) is 54.2 Å². The van der Waals surface area contributed by atoms with Crippen molar-refractivity contribution in [2.45, 2.75) is 33.4 Å². The molecule has 1 heterocycles. The number of benzene rings is 2. The molecule has 0 atom stereocenters. The number of fused-ring (bicyclic) bond motifs is 1. The van der Waals surface area contributed by atoms with Crippen LogP contribution in [0.15, 0.2) is 53.8 Å². The predicted molar refractivity (Wildman–Crippen MR) is 124 cm³/mol. The first-order valence-electron chi connectivity index (χ1n) is 9.08. The zero-order valence-electron chi connectivity index (χ0n) is 16.2. The van der Waals surface area contributed by atoms with Gasteiger partial charge in [0, 0.05) is 26.7 Å². The van der Waals surface area contributed by atoms with E-state index < -0.39 is 0 Å². The molecule has 5 nitrogen and oxygen atoms in total. The molecule has 3 aromatic rings. The van der Waals surface area contributed by atoms with Crippen LogP contribution in [0.4, 0.5) is 0 Å². The molecule has 3 rings (SSSR count). The Hall–Kier alpha value is -2.09. The summed E-state index contributed by atoms with van der Waals surface area (Å²) in [6.07, 6.45) is 2.92. The van der Waals surface area contributed by atoms with Crippen molar-refractivity contribution in [2.24, 2.45) is 4.99 Å². The fraction of sp³-hybridized carbons (Fsp3) is 0.333. The van der Waals surface area contributed by atoms with E-state index in [0.717, 1.165) is 37.5 Å². The molecule has 2 aromatic carbocycles. The number of hydrogen-bond acceptors (Lipinski definition) is 2. The van der Waals surface area contributed by atoms with E-state index in [1.165, 1.54) is 22.2 Å². The molecule has 0 unspecified atom stereocenters. The van der Waals surface area contributed by atoms with Crippen LogP contribution in [0.3, 0.4) is 0 Å². The van der Waals surface area contributed by atoms with Crippen LogP contribution in [0.2, 0.25) is 0 Å². The molecule has 0 saturated carbocycles. The lowest BCUT2D eigenvalue weighted by atomic mass is 10.1. The van der Waals surface area contributed by atoms with E-state index in [-0.39, 0.29) is 24.0 Å². The van der Waals surface area contributed by atoms with Crippen LogP contribution in [-0.4, -0.2) is 29.1 Å². The van der Waals surface area contributed by atoms with Gasteiger partial charge < -0.3 is 15.2 Å². The highest BCUT2D eigenvalue weighted by molar-refractivity contribution is 14.0. The van der Waals surface area contributed by atoms with Crippen molar-refractivity contribution in [3.05, 3.63) is 65.5 Å². The zero-order chi connectivity index (χ0) is 18.4. The van der Waals surface area contributed by atoms with Gasteiger partial charge in [-0.05, 0) is 43.5 Å². The quantitative estimate of drug-likeness (QED) is 0.244. The van der Waals surface area contributed by atoms with Crippen molar-refractivity contribution in [1.82, 2.24) is 20.2 Å². The summed E-state index contributed by atoms with van der Waals surface area (Å²) in [6, 6.07) is 14.8. The molecule has 0 amide bonds. The molecule has 1 aromatic heterocycles. The van der Waals surface area contributed by atoms with Gasteiger partial charge in [-0.2, -0.15) is 0 Å². The summed E-state index contributed by atoms with van der Waals surface area (Å²) in [4.78, 5) is 8.74. The molecule has 0 radical (unpaired) electrons. The number of aryl methyl sites for hydroxylation is 3. The summed E-state index contributed by atoms with van der Waals surface area (Å²) in [6.45, 7) is 6.84. The number of halogens is 1. The van der Waals surface area contributed by atoms with Crippen LogP contribution in [-0.2, 0) is 13.1 Å². The molecule has 0 spiro atoms. The lowest BCUT2D eigenvalue weighted by molar-refractivity contribution is 0.637. The highest BCUT2D eigenvalue weighted by Crippen LogP contribution is 2.12. The second-order valence-corrected chi connectivity index (χ2v) is 6.56. The standard InChI is InChI=1S/C21H27N5.HI/c1-16-9-10-18(17(2)13-16)14-24-21(22-3)23-11-6-12-26-15-25-19-7-4-5-8-20(19)26;/h4-5,7-10,13,15H,6,11-12,14H2,1-3H3,(H2,22,23,24);1H. The van der Waals surface area contributed by atoms with Gasteiger partial charge in [-0.3, -0.25) is 4.99 Å². The second-order valence-electron chi connectivity index (χ2n) is 6.56. The summed E-state index contributed by atoms with van der Waals surface area (Å²) in [5, 5.41) is 6.78. The van der Waals surface area contributed by atoms with Crippen LogP contribution in [0.25, 0.3) is 11.0 Å². The van der Waals surface area contributed by atoms with Gasteiger partial charge in [-0.1, -0.05) is 35.9 Å². The highest BCUT2D eigenvalue weighted by atomic mass is 127. The van der Waals surface area contributed by atoms with Crippen molar-refractivity contribution in [1.29, 1.82) is 0 Å². The SMILES string of the molecule is CN=C(NCCCn1cnc2ccccc21)NCc1ccc(C)cc1C.I. The summed E-state index contributed by atoms with van der Waals surface area (Å²) in [5.41, 5.74) is 6.13. The Morgan fingerprint density at radius 3 is 2.70 bits per heavy atom. The summed E-state index contributed by atoms with van der Waals surface area (Å²) >= 11 is 0. The lowest BCUT2D eigenvalue weighted by Gasteiger charge is -2.13. The number of hydrogen-bond donors (Lipinski definition) is 2. The largest absolute Gasteiger partial charge is 0.356 e. The maximum Gasteiger partial charge on any atom is 0.191 e. The summed E-state index contributed by atoms with van der Waals surface area (Å²) < 4.78 is 2.20. The third kappa shape index (κ3) is 5.69. The van der Waals surface area contributed by atoms with E-state index in [0.29, 0.717) is 0 Å². The summed E-state index contributed by atoms with van der Waals surface area (Å²) in [5.74, 6) is 0.834. The van der Waals surface area contributed by atoms with E-state index >= 15 is 0 Å². The molecular weight excluding hydrogens is 449 g/mol. The average Bonchev–Trinajstić information content (AvgIpc) is 3.05. The fourth-order valence-electron chi connectivity index (χ4n) is 3.09. The number of aliphatic imine (C=N–C) groups is 1. The Bertz CT molecular complexity index is 900. The first-order valence-corrected chi connectivity index (χ1v) is 9.08. The Balaban J connectivity index is 0.00000261. The van der Waals surface area contributed by atoms with Gasteiger partial charge in [-0.25, -0.2) is 4.98 Å². The number of guanidine groups is 1. The minimum Gasteiger partial charge on any atom is -0.356 e. The van der Waals surface area contributed by atoms with Crippen LogP contribution >= 0.6 is 24.0 Å². The zero-order valence-corrected chi connectivity index (χ0v) is 18.5. The van der Waals surface area contributed by atoms with Crippen LogP contribution in [0.1, 0.15) is 23.1 Å². The lowest BCUT2D eigenvalue weighted by Crippen LogP contribution is -2.37. The smallest absolute Gasteiger partial charge is 0.191 e. The van der Waals surface area contributed by atoms with Crippen molar-refractivity contribution in [2.75, 3.05) is 13.6 Å². The number of nitrogens with zero attached hydrogens (tertiary/aromatic N) is 3. The molecule has 0 fully saturated rings. The molecule has 144 valence electrons. The van der Waals surface area contributed by atoms with Gasteiger partial charge >= 0.3 is 0 Å². The molecule has 0 aliphatic heterocycles. The van der Waals surface area contributed by atoms with Gasteiger partial charge in [0.05, 0.1) is 17.4 Å². The molecule has 2 N–H and O–H groups in total. The maximum absolute atomic E-state index is 4.43. The predicted octanol–water partition coefficient (Wildman–Crippen LogP) is 4.03. The minimum absolute atomic E-state index is 0. The monoisotopic (exact) mass is 477 g/mol. The van der Waals surface area contributed by atoms with Crippen LogP contribution in [0.5, 0.6) is 0 Å². The second kappa shape index (κ2) is 10.3. The van der Waals surface area contributed by atoms with Crippen LogP contribution < -0.4 is 10.6 Å². The first kappa shape index (κ1) is 21.2. The van der Waals surface area contributed by atoms with E-state index in [1.54, 1.807) is 7.05 Å². The van der Waals surface area contributed by atoms with Gasteiger partial charge in [0.2, 0.25) is 0 Å². The van der Waals surface area contributed by atoms with Gasteiger partial charge in [0.25, 0.3) is 0 Å². The summed E-state index contributed by atoms with van der Waals surface area (Å²) in [7, 11) is 1.81. The Labute approximate surface area is 178 Å². The van der Waals surface area contributed by atoms with Crippen molar-refractivity contribution < 1.29 is 0 Å². The van der Waals surface area contributed by atoms with E-state index in [2.05, 4.69) is 69.4 Å². The number of aromatic nitrogens is 2. The Morgan fingerprint density at radius 1 is 1.11 bits per heavy atom. The van der Waals surface area contributed by atoms with Gasteiger partial charge in [0.1, 0.15) is 0 Å². The highest BCUT2D eigenvalue weighted by Gasteiger charge is 2.03. The van der Waals surface area contributed by atoms with Gasteiger partial charge in [-0.15, -0.1) is 24.0 Å². The molecule has 0 aliphatic carbocycles. The normalized spacial score (nSPS) is 11.3. The van der Waals surface area contributed by atoms with Crippen LogP contribution in [0, 0.1) is 13.8 Å². The number of para-hydroxylation sites is 2.